The average molecular weight is 503 g/mol. The van der Waals surface area contributed by atoms with Crippen LogP contribution in [0, 0.1) is 29.6 Å². The fourth-order valence-electron chi connectivity index (χ4n) is 2.84. The van der Waals surface area contributed by atoms with Gasteiger partial charge in [0.05, 0.1) is 36.4 Å². The number of ketones is 1. The molecule has 0 aliphatic carbocycles. The predicted octanol–water partition coefficient (Wildman–Crippen LogP) is 4.60. The quantitative estimate of drug-likeness (QED) is 0.294. The van der Waals surface area contributed by atoms with Gasteiger partial charge in [0.15, 0.2) is 17.3 Å². The summed E-state index contributed by atoms with van der Waals surface area (Å²) in [6.07, 6.45) is 1.26. The number of hydrogen-bond donors (Lipinski definition) is 0. The van der Waals surface area contributed by atoms with Crippen molar-refractivity contribution < 1.29 is 23.8 Å². The fraction of sp³-hybridized carbons (Fsp3) is 0.273. The van der Waals surface area contributed by atoms with Crippen molar-refractivity contribution in [1.82, 2.24) is 0 Å². The summed E-state index contributed by atoms with van der Waals surface area (Å²) in [6.45, 7) is 3.53. The molecule has 1 heterocycles. The number of rotatable bonds is 8. The minimum absolute atomic E-state index is 0.0910. The minimum atomic E-state index is -0.536. The van der Waals surface area contributed by atoms with Gasteiger partial charge in [0.1, 0.15) is 17.0 Å². The molecule has 0 spiro atoms. The second-order valence-electron chi connectivity index (χ2n) is 6.19. The first kappa shape index (κ1) is 24.1. The van der Waals surface area contributed by atoms with Crippen molar-refractivity contribution in [2.24, 2.45) is 0 Å². The Labute approximate surface area is 192 Å². The molecule has 0 bridgehead atoms. The number of benzene rings is 1. The molecule has 0 aliphatic heterocycles. The lowest BCUT2D eigenvalue weighted by Crippen LogP contribution is -2.05. The van der Waals surface area contributed by atoms with Crippen molar-refractivity contribution in [3.63, 3.8) is 0 Å². The number of carbonyl (C=O) groups is 2. The van der Waals surface area contributed by atoms with Crippen LogP contribution in [-0.4, -0.2) is 32.6 Å². The van der Waals surface area contributed by atoms with Crippen LogP contribution in [0.2, 0.25) is 0 Å². The largest absolute Gasteiger partial charge is 0.493 e. The number of hydrogen-bond acceptors (Lipinski definition) is 8. The normalized spacial score (nSPS) is 10.7. The molecule has 9 heteroatoms. The van der Waals surface area contributed by atoms with E-state index >= 15 is 0 Å². The highest BCUT2D eigenvalue weighted by Crippen LogP contribution is 2.37. The Morgan fingerprint density at radius 1 is 1.23 bits per heavy atom. The molecule has 160 valence electrons. The van der Waals surface area contributed by atoms with E-state index in [4.69, 9.17) is 14.2 Å². The van der Waals surface area contributed by atoms with Crippen LogP contribution >= 0.6 is 27.3 Å². The molecular weight excluding hydrogens is 484 g/mol. The van der Waals surface area contributed by atoms with E-state index in [-0.39, 0.29) is 29.0 Å². The third kappa shape index (κ3) is 5.32. The second kappa shape index (κ2) is 10.8. The van der Waals surface area contributed by atoms with Crippen molar-refractivity contribution in [2.45, 2.75) is 20.3 Å². The van der Waals surface area contributed by atoms with Crippen molar-refractivity contribution in [1.29, 1.82) is 10.5 Å². The van der Waals surface area contributed by atoms with Gasteiger partial charge >= 0.3 is 5.97 Å². The summed E-state index contributed by atoms with van der Waals surface area (Å²) in [7, 11) is 2.99. The average Bonchev–Trinajstić information content (AvgIpc) is 3.06. The zero-order valence-corrected chi connectivity index (χ0v) is 19.8. The topological polar surface area (TPSA) is 109 Å². The molecule has 0 atom stereocenters. The van der Waals surface area contributed by atoms with Crippen molar-refractivity contribution in [2.75, 3.05) is 20.8 Å². The van der Waals surface area contributed by atoms with Crippen LogP contribution in [0.25, 0.3) is 6.08 Å². The molecule has 1 aromatic carbocycles. The highest BCUT2D eigenvalue weighted by Gasteiger charge is 2.23. The van der Waals surface area contributed by atoms with Crippen LogP contribution in [0.4, 0.5) is 0 Å². The number of allylic oxidation sites excluding steroid dienone is 1. The smallest absolute Gasteiger partial charge is 0.348 e. The van der Waals surface area contributed by atoms with Gasteiger partial charge in [0, 0.05) is 11.3 Å². The minimum Gasteiger partial charge on any atom is -0.493 e. The summed E-state index contributed by atoms with van der Waals surface area (Å²) in [5.74, 6) is -0.0794. The lowest BCUT2D eigenvalue weighted by Gasteiger charge is -2.10. The van der Waals surface area contributed by atoms with Gasteiger partial charge in [-0.2, -0.15) is 10.5 Å². The summed E-state index contributed by atoms with van der Waals surface area (Å²) < 4.78 is 16.2. The van der Waals surface area contributed by atoms with Gasteiger partial charge in [0.25, 0.3) is 0 Å². The van der Waals surface area contributed by atoms with Crippen LogP contribution in [-0.2, 0) is 16.0 Å². The molecular formula is C22H19BrN2O5S. The molecule has 7 nitrogen and oxygen atoms in total. The molecule has 2 rings (SSSR count). The number of Topliss-reactive ketones (excluding diaryl/α,β-unsaturated/α-hetero) is 1. The van der Waals surface area contributed by atoms with Crippen LogP contribution in [0.1, 0.15) is 38.2 Å². The van der Waals surface area contributed by atoms with E-state index in [0.29, 0.717) is 32.0 Å². The molecule has 0 saturated carbocycles. The first-order valence-corrected chi connectivity index (χ1v) is 10.7. The number of carbonyl (C=O) groups excluding carboxylic acids is 2. The maximum absolute atomic E-state index is 12.8. The van der Waals surface area contributed by atoms with Crippen LogP contribution in [0.3, 0.4) is 0 Å². The Morgan fingerprint density at radius 3 is 2.48 bits per heavy atom. The Balaban J connectivity index is 2.40. The highest BCUT2D eigenvalue weighted by atomic mass is 79.9. The lowest BCUT2D eigenvalue weighted by atomic mass is 10.0. The zero-order valence-electron chi connectivity index (χ0n) is 17.4. The maximum atomic E-state index is 12.8. The van der Waals surface area contributed by atoms with Crippen molar-refractivity contribution in [3.05, 3.63) is 48.6 Å². The summed E-state index contributed by atoms with van der Waals surface area (Å²) in [4.78, 5) is 25.6. The van der Waals surface area contributed by atoms with E-state index in [1.165, 1.54) is 20.3 Å². The number of esters is 1. The summed E-state index contributed by atoms with van der Waals surface area (Å²) in [5.41, 5.74) is 1.20. The Bertz CT molecular complexity index is 1140. The molecule has 0 radical (unpaired) electrons. The van der Waals surface area contributed by atoms with E-state index < -0.39 is 11.8 Å². The first-order chi connectivity index (χ1) is 14.8. The molecule has 0 saturated heterocycles. The van der Waals surface area contributed by atoms with Gasteiger partial charge in [-0.3, -0.25) is 4.79 Å². The highest BCUT2D eigenvalue weighted by molar-refractivity contribution is 9.10. The van der Waals surface area contributed by atoms with Crippen LogP contribution < -0.4 is 9.47 Å². The lowest BCUT2D eigenvalue weighted by molar-refractivity contribution is -0.114. The standard InChI is InChI=1S/C22H19BrN2O5S/c1-5-30-22(27)21-12(2)15(11-25)19(31-21)9-17(26)14(10-24)6-13-7-16(23)20(29-4)18(8-13)28-3/h6-8H,5,9H2,1-4H3/b14-6+. The predicted molar refractivity (Wildman–Crippen MR) is 119 cm³/mol. The first-order valence-electron chi connectivity index (χ1n) is 9.07. The Kier molecular flexibility index (Phi) is 8.38. The molecule has 0 amide bonds. The number of nitriles is 2. The zero-order chi connectivity index (χ0) is 23.1. The van der Waals surface area contributed by atoms with Crippen molar-refractivity contribution >= 4 is 45.1 Å². The number of thiophene rings is 1. The molecule has 1 aromatic heterocycles. The molecule has 0 N–H and O–H groups in total. The molecule has 2 aromatic rings. The van der Waals surface area contributed by atoms with Gasteiger partial charge in [-0.15, -0.1) is 11.3 Å². The summed E-state index contributed by atoms with van der Waals surface area (Å²) in [5, 5.41) is 19.0. The number of nitrogens with zero attached hydrogens (tertiary/aromatic N) is 2. The van der Waals surface area contributed by atoms with Crippen LogP contribution in [0.15, 0.2) is 22.2 Å². The molecule has 0 unspecified atom stereocenters. The third-order valence-electron chi connectivity index (χ3n) is 4.30. The summed E-state index contributed by atoms with van der Waals surface area (Å²) in [6, 6.07) is 7.29. The SMILES string of the molecule is CCOC(=O)c1sc(CC(=O)/C(C#N)=C/c2cc(Br)c(OC)c(OC)c2)c(C#N)c1C. The van der Waals surface area contributed by atoms with E-state index in [1.54, 1.807) is 26.0 Å². The monoisotopic (exact) mass is 502 g/mol. The Morgan fingerprint density at radius 2 is 1.94 bits per heavy atom. The molecule has 0 fully saturated rings. The van der Waals surface area contributed by atoms with Gasteiger partial charge in [-0.25, -0.2) is 4.79 Å². The van der Waals surface area contributed by atoms with E-state index in [2.05, 4.69) is 15.9 Å². The van der Waals surface area contributed by atoms with E-state index in [9.17, 15) is 20.1 Å². The number of halogens is 1. The summed E-state index contributed by atoms with van der Waals surface area (Å²) >= 11 is 4.41. The van der Waals surface area contributed by atoms with Gasteiger partial charge < -0.3 is 14.2 Å². The Hall–Kier alpha value is -3.14. The van der Waals surface area contributed by atoms with Gasteiger partial charge in [0.2, 0.25) is 0 Å². The van der Waals surface area contributed by atoms with Gasteiger partial charge in [-0.1, -0.05) is 0 Å². The number of ether oxygens (including phenoxy) is 3. The fourth-order valence-corrected chi connectivity index (χ4v) is 4.61. The van der Waals surface area contributed by atoms with Crippen LogP contribution in [0.5, 0.6) is 11.5 Å². The van der Waals surface area contributed by atoms with E-state index in [1.807, 2.05) is 12.1 Å². The third-order valence-corrected chi connectivity index (χ3v) is 6.16. The maximum Gasteiger partial charge on any atom is 0.348 e. The van der Waals surface area contributed by atoms with Crippen molar-refractivity contribution in [3.8, 4) is 23.6 Å². The number of methoxy groups -OCH3 is 2. The second-order valence-corrected chi connectivity index (χ2v) is 8.15. The van der Waals surface area contributed by atoms with E-state index in [0.717, 1.165) is 11.3 Å². The molecule has 0 aliphatic rings. The van der Waals surface area contributed by atoms with Gasteiger partial charge in [-0.05, 0) is 59.1 Å². The molecule has 31 heavy (non-hydrogen) atoms.